The van der Waals surface area contributed by atoms with Crippen molar-refractivity contribution in [3.8, 4) is 35.5 Å². The normalized spacial score (nSPS) is 11.4. The minimum absolute atomic E-state index is 0. The first kappa shape index (κ1) is 89.0. The molecule has 0 amide bonds. The van der Waals surface area contributed by atoms with Gasteiger partial charge in [0.25, 0.3) is 0 Å². The zero-order valence-electron chi connectivity index (χ0n) is 63.0. The third-order valence-corrected chi connectivity index (χ3v) is 19.8. The van der Waals surface area contributed by atoms with Crippen LogP contribution in [0.1, 0.15) is 456 Å². The van der Waals surface area contributed by atoms with Gasteiger partial charge in [-0.15, -0.1) is 23.7 Å². The molecule has 0 saturated heterocycles. The number of aryl methyl sites for hydroxylation is 2. The first-order chi connectivity index (χ1) is 46.3. The number of hydrogen-bond donors (Lipinski definition) is 0. The van der Waals surface area contributed by atoms with E-state index in [9.17, 15) is 0 Å². The summed E-state index contributed by atoms with van der Waals surface area (Å²) in [4.78, 5) is 10.3. The minimum atomic E-state index is 0. The molecule has 0 atom stereocenters. The summed E-state index contributed by atoms with van der Waals surface area (Å²) in [5.74, 6) is 21.0. The van der Waals surface area contributed by atoms with E-state index in [1.54, 1.807) is 0 Å². The standard InChI is InChI=1S/C91H154N2.Ni/c1-4-7-10-13-16-19-22-25-28-31-33-35-37-39-41-43-45-47-49-52-54-57-60-63-66-69-72-79-87-81-75-77-84-90(87)92-86-89(83-74-71-68-65-62-59-56-51-30-27-24-21-18-15-12-9-6-3)93-91-85-78-76-82-88(91)80-73-70-67-64-61-58-55-53-50-48-46-44-42-40-38-36-34-32-29-26-23-20-17-14-11-8-5-2;/h75-78,81-82,84-86H,4-65,68,71-73,79-80H2,1-3H3;/q;+2. The summed E-state index contributed by atoms with van der Waals surface area (Å²) >= 11 is 0. The minimum Gasteiger partial charge on any atom is -0.254 e. The molecule has 0 heterocycles. The van der Waals surface area contributed by atoms with E-state index < -0.39 is 0 Å². The number of unbranched alkanes of at least 4 members (excludes halogenated alkanes) is 61. The third kappa shape index (κ3) is 62.5. The van der Waals surface area contributed by atoms with Gasteiger partial charge >= 0.3 is 16.5 Å². The fourth-order valence-electron chi connectivity index (χ4n) is 13.5. The van der Waals surface area contributed by atoms with Gasteiger partial charge in [0.15, 0.2) is 0 Å². The molecule has 0 aromatic heterocycles. The number of benzene rings is 2. The molecule has 0 bridgehead atoms. The van der Waals surface area contributed by atoms with Crippen molar-refractivity contribution in [1.82, 2.24) is 0 Å². The van der Waals surface area contributed by atoms with Crippen LogP contribution in [0.15, 0.2) is 58.5 Å². The Bertz CT molecular complexity index is 2130. The molecule has 3 heteroatoms. The summed E-state index contributed by atoms with van der Waals surface area (Å²) in [6, 6.07) is 17.2. The second kappa shape index (κ2) is 75.7. The first-order valence-electron chi connectivity index (χ1n) is 42.0. The van der Waals surface area contributed by atoms with Crippen LogP contribution in [0.2, 0.25) is 0 Å². The van der Waals surface area contributed by atoms with E-state index in [1.807, 2.05) is 6.21 Å². The van der Waals surface area contributed by atoms with E-state index in [0.717, 1.165) is 68.5 Å². The van der Waals surface area contributed by atoms with Gasteiger partial charge in [-0.25, -0.2) is 4.99 Å². The van der Waals surface area contributed by atoms with E-state index in [1.165, 1.54) is 396 Å². The van der Waals surface area contributed by atoms with E-state index in [2.05, 4.69) is 105 Å². The molecule has 0 unspecified atom stereocenters. The third-order valence-electron chi connectivity index (χ3n) is 19.8. The molecule has 0 spiro atoms. The van der Waals surface area contributed by atoms with Crippen LogP contribution >= 0.6 is 0 Å². The molecule has 0 saturated carbocycles. The average Bonchev–Trinajstić information content (AvgIpc) is 3.46. The van der Waals surface area contributed by atoms with Crippen LogP contribution in [-0.4, -0.2) is 11.9 Å². The maximum Gasteiger partial charge on any atom is 2.00 e. The molecular weight excluding hydrogens is 1180 g/mol. The van der Waals surface area contributed by atoms with Crippen LogP contribution in [0.5, 0.6) is 0 Å². The molecule has 2 aromatic rings. The van der Waals surface area contributed by atoms with Gasteiger partial charge in [0.2, 0.25) is 0 Å². The van der Waals surface area contributed by atoms with Crippen molar-refractivity contribution in [2.24, 2.45) is 9.98 Å². The Balaban J connectivity index is 0.0000442. The van der Waals surface area contributed by atoms with Crippen LogP contribution in [0.25, 0.3) is 0 Å². The Kier molecular flexibility index (Phi) is 71.7. The predicted molar refractivity (Wildman–Crippen MR) is 421 cm³/mol. The summed E-state index contributed by atoms with van der Waals surface area (Å²) in [7, 11) is 0. The zero-order chi connectivity index (χ0) is 66.0. The zero-order valence-corrected chi connectivity index (χ0v) is 64.0. The predicted octanol–water partition coefficient (Wildman–Crippen LogP) is 31.1. The van der Waals surface area contributed by atoms with Crippen LogP contribution in [0.4, 0.5) is 11.4 Å². The molecule has 0 fully saturated rings. The number of hydrogen-bond acceptors (Lipinski definition) is 2. The SMILES string of the molecule is CCCCCCCCCCCCCCCCCC#CC(C=Nc1ccccc1CCC#CCCCCCCCCCCCCCCCCCCCCCCCCC)=Nc1ccccc1CCC#CCCCCCCCCCCCCCCCCCCCCCCCCC.[Ni+2]. The Morgan fingerprint density at radius 1 is 0.255 bits per heavy atom. The summed E-state index contributed by atoms with van der Waals surface area (Å²) in [5.41, 5.74) is 5.19. The molecule has 2 aromatic carbocycles. The number of aliphatic imine (C=N–C) groups is 2. The van der Waals surface area contributed by atoms with Crippen molar-refractivity contribution in [2.45, 2.75) is 457 Å². The summed E-state index contributed by atoms with van der Waals surface area (Å²) in [6.45, 7) is 6.93. The van der Waals surface area contributed by atoms with Gasteiger partial charge < -0.3 is 0 Å². The molecule has 0 aliphatic rings. The van der Waals surface area contributed by atoms with Crippen LogP contribution in [0, 0.1) is 35.5 Å². The topological polar surface area (TPSA) is 24.7 Å². The van der Waals surface area contributed by atoms with E-state index in [-0.39, 0.29) is 16.5 Å². The smallest absolute Gasteiger partial charge is 0.254 e. The average molecular weight is 1330 g/mol. The Morgan fingerprint density at radius 3 is 0.745 bits per heavy atom. The molecule has 2 nitrogen and oxygen atoms in total. The van der Waals surface area contributed by atoms with Crippen LogP contribution in [-0.2, 0) is 29.3 Å². The first-order valence-corrected chi connectivity index (χ1v) is 42.0. The summed E-state index contributed by atoms with van der Waals surface area (Å²) in [6.07, 6.45) is 94.7. The number of nitrogens with zero attached hydrogens (tertiary/aromatic N) is 2. The molecule has 2 rings (SSSR count). The van der Waals surface area contributed by atoms with Gasteiger partial charge in [0.05, 0.1) is 17.6 Å². The second-order valence-corrected chi connectivity index (χ2v) is 28.8. The Labute approximate surface area is 598 Å². The van der Waals surface area contributed by atoms with Gasteiger partial charge in [-0.3, -0.25) is 4.99 Å². The van der Waals surface area contributed by atoms with Crippen molar-refractivity contribution in [2.75, 3.05) is 0 Å². The Hall–Kier alpha value is -3.05. The van der Waals surface area contributed by atoms with Crippen molar-refractivity contribution < 1.29 is 16.5 Å². The van der Waals surface area contributed by atoms with Crippen LogP contribution < -0.4 is 0 Å². The van der Waals surface area contributed by atoms with Gasteiger partial charge in [-0.1, -0.05) is 435 Å². The van der Waals surface area contributed by atoms with Gasteiger partial charge in [-0.2, -0.15) is 0 Å². The van der Waals surface area contributed by atoms with Gasteiger partial charge in [-0.05, 0) is 61.3 Å². The molecule has 0 aliphatic heterocycles. The molecule has 0 N–H and O–H groups in total. The summed E-state index contributed by atoms with van der Waals surface area (Å²) in [5, 5.41) is 0. The maximum atomic E-state index is 5.22. The second-order valence-electron chi connectivity index (χ2n) is 28.8. The molecule has 0 radical (unpaired) electrons. The maximum absolute atomic E-state index is 5.22. The molecule has 0 aliphatic carbocycles. The van der Waals surface area contributed by atoms with E-state index in [4.69, 9.17) is 9.98 Å². The molecular formula is C91H154N2Ni+2. The van der Waals surface area contributed by atoms with E-state index in [0.29, 0.717) is 0 Å². The summed E-state index contributed by atoms with van der Waals surface area (Å²) < 4.78 is 0. The largest absolute Gasteiger partial charge is 2.00 e. The van der Waals surface area contributed by atoms with E-state index >= 15 is 0 Å². The fraction of sp³-hybridized carbons (Fsp3) is 0.780. The Morgan fingerprint density at radius 2 is 0.468 bits per heavy atom. The van der Waals surface area contributed by atoms with Crippen molar-refractivity contribution in [1.29, 1.82) is 0 Å². The van der Waals surface area contributed by atoms with Crippen LogP contribution in [0.3, 0.4) is 0 Å². The van der Waals surface area contributed by atoms with Crippen molar-refractivity contribution in [3.05, 3.63) is 59.7 Å². The monoisotopic (exact) mass is 1330 g/mol. The molecule has 536 valence electrons. The number of rotatable bonds is 68. The fourth-order valence-corrected chi connectivity index (χ4v) is 13.5. The van der Waals surface area contributed by atoms with Crippen molar-refractivity contribution in [3.63, 3.8) is 0 Å². The number of para-hydroxylation sites is 2. The quantitative estimate of drug-likeness (QED) is 0.0273. The van der Waals surface area contributed by atoms with Crippen molar-refractivity contribution >= 4 is 23.3 Å². The van der Waals surface area contributed by atoms with Gasteiger partial charge in [0, 0.05) is 32.1 Å². The molecule has 94 heavy (non-hydrogen) atoms. The van der Waals surface area contributed by atoms with Gasteiger partial charge in [0.1, 0.15) is 5.71 Å².